The summed E-state index contributed by atoms with van der Waals surface area (Å²) >= 11 is 6.23. The SMILES string of the molecule is CC1(C)O[C@H]2[C@H](OCc3ccccc3)C[C@](OCc3cccc(Cl)c3)(C(=O)NCCN3CCOCC3)C[C@H]2O1. The second kappa shape index (κ2) is 12.6. The minimum absolute atomic E-state index is 0.155. The van der Waals surface area contributed by atoms with E-state index >= 15 is 0 Å². The first-order valence-electron chi connectivity index (χ1n) is 13.8. The summed E-state index contributed by atoms with van der Waals surface area (Å²) in [5.41, 5.74) is 0.800. The van der Waals surface area contributed by atoms with Crippen molar-refractivity contribution in [3.63, 3.8) is 0 Å². The summed E-state index contributed by atoms with van der Waals surface area (Å²) in [6, 6.07) is 17.5. The average Bonchev–Trinajstić information content (AvgIpc) is 3.25. The van der Waals surface area contributed by atoms with Gasteiger partial charge in [-0.1, -0.05) is 54.1 Å². The van der Waals surface area contributed by atoms with Gasteiger partial charge in [-0.3, -0.25) is 9.69 Å². The lowest BCUT2D eigenvalue weighted by Gasteiger charge is -2.43. The van der Waals surface area contributed by atoms with E-state index in [2.05, 4.69) is 10.2 Å². The van der Waals surface area contributed by atoms with Crippen molar-refractivity contribution >= 4 is 17.5 Å². The molecule has 2 saturated heterocycles. The van der Waals surface area contributed by atoms with Crippen molar-refractivity contribution in [3.05, 3.63) is 70.7 Å². The van der Waals surface area contributed by atoms with Gasteiger partial charge in [0.15, 0.2) is 11.4 Å². The summed E-state index contributed by atoms with van der Waals surface area (Å²) in [7, 11) is 0. The van der Waals surface area contributed by atoms with Gasteiger partial charge in [0, 0.05) is 44.0 Å². The molecule has 2 aromatic rings. The average molecular weight is 559 g/mol. The number of amides is 1. The van der Waals surface area contributed by atoms with Crippen LogP contribution in [0.5, 0.6) is 0 Å². The van der Waals surface area contributed by atoms with Gasteiger partial charge in [-0.25, -0.2) is 0 Å². The predicted octanol–water partition coefficient (Wildman–Crippen LogP) is 3.94. The number of benzene rings is 2. The van der Waals surface area contributed by atoms with Gasteiger partial charge < -0.3 is 29.0 Å². The lowest BCUT2D eigenvalue weighted by atomic mass is 9.78. The number of carbonyl (C=O) groups is 1. The number of rotatable bonds is 10. The molecule has 2 heterocycles. The molecule has 3 fully saturated rings. The summed E-state index contributed by atoms with van der Waals surface area (Å²) in [4.78, 5) is 16.3. The maximum Gasteiger partial charge on any atom is 0.252 e. The Morgan fingerprint density at radius 1 is 1.03 bits per heavy atom. The first-order chi connectivity index (χ1) is 18.8. The van der Waals surface area contributed by atoms with E-state index in [0.717, 1.165) is 44.0 Å². The maximum absolute atomic E-state index is 14.0. The van der Waals surface area contributed by atoms with Crippen molar-refractivity contribution in [1.29, 1.82) is 0 Å². The Hall–Kier alpha value is -2.04. The van der Waals surface area contributed by atoms with Gasteiger partial charge in [0.2, 0.25) is 0 Å². The molecule has 9 heteroatoms. The Balaban J connectivity index is 1.35. The van der Waals surface area contributed by atoms with Crippen LogP contribution < -0.4 is 5.32 Å². The monoisotopic (exact) mass is 558 g/mol. The molecule has 3 aliphatic rings. The van der Waals surface area contributed by atoms with Crippen molar-refractivity contribution in [2.45, 2.75) is 69.6 Å². The highest BCUT2D eigenvalue weighted by molar-refractivity contribution is 6.30. The van der Waals surface area contributed by atoms with Gasteiger partial charge in [0.1, 0.15) is 6.10 Å². The summed E-state index contributed by atoms with van der Waals surface area (Å²) in [6.45, 7) is 8.89. The first kappa shape index (κ1) is 28.5. The number of fused-ring (bicyclic) bond motifs is 1. The topological polar surface area (TPSA) is 78.5 Å². The van der Waals surface area contributed by atoms with Crippen LogP contribution in [0.4, 0.5) is 0 Å². The van der Waals surface area contributed by atoms with Crippen LogP contribution in [0.3, 0.4) is 0 Å². The third-order valence-electron chi connectivity index (χ3n) is 7.59. The van der Waals surface area contributed by atoms with Gasteiger partial charge in [0.25, 0.3) is 5.91 Å². The maximum atomic E-state index is 14.0. The second-order valence-corrected chi connectivity index (χ2v) is 11.4. The number of nitrogens with one attached hydrogen (secondary N) is 1. The lowest BCUT2D eigenvalue weighted by molar-refractivity contribution is -0.183. The van der Waals surface area contributed by atoms with Crippen LogP contribution in [0.15, 0.2) is 54.6 Å². The minimum atomic E-state index is -1.15. The Morgan fingerprint density at radius 3 is 2.56 bits per heavy atom. The fourth-order valence-corrected chi connectivity index (χ4v) is 5.86. The van der Waals surface area contributed by atoms with E-state index in [-0.39, 0.29) is 24.7 Å². The van der Waals surface area contributed by atoms with Crippen molar-refractivity contribution in [1.82, 2.24) is 10.2 Å². The molecule has 4 atom stereocenters. The highest BCUT2D eigenvalue weighted by atomic mass is 35.5. The normalized spacial score (nSPS) is 28.6. The van der Waals surface area contributed by atoms with Crippen LogP contribution in [0.2, 0.25) is 5.02 Å². The number of halogens is 1. The molecule has 0 radical (unpaired) electrons. The van der Waals surface area contributed by atoms with E-state index in [4.69, 9.17) is 35.3 Å². The number of morpholine rings is 1. The molecule has 1 amide bonds. The molecule has 2 aromatic carbocycles. The van der Waals surface area contributed by atoms with Crippen LogP contribution in [0.25, 0.3) is 0 Å². The van der Waals surface area contributed by atoms with E-state index < -0.39 is 17.5 Å². The number of ether oxygens (including phenoxy) is 5. The van der Waals surface area contributed by atoms with E-state index in [9.17, 15) is 4.79 Å². The molecule has 0 aromatic heterocycles. The van der Waals surface area contributed by atoms with Crippen molar-refractivity contribution in [3.8, 4) is 0 Å². The van der Waals surface area contributed by atoms with Crippen LogP contribution >= 0.6 is 11.6 Å². The van der Waals surface area contributed by atoms with E-state index in [1.165, 1.54) is 0 Å². The molecule has 8 nitrogen and oxygen atoms in total. The van der Waals surface area contributed by atoms with E-state index in [0.29, 0.717) is 31.0 Å². The molecular weight excluding hydrogens is 520 g/mol. The van der Waals surface area contributed by atoms with E-state index in [1.807, 2.05) is 68.4 Å². The van der Waals surface area contributed by atoms with Gasteiger partial charge in [-0.2, -0.15) is 0 Å². The summed E-state index contributed by atoms with van der Waals surface area (Å²) in [6.07, 6.45) is -0.317. The second-order valence-electron chi connectivity index (χ2n) is 11.0. The molecule has 39 heavy (non-hydrogen) atoms. The smallest absolute Gasteiger partial charge is 0.252 e. The predicted molar refractivity (Wildman–Crippen MR) is 147 cm³/mol. The summed E-state index contributed by atoms with van der Waals surface area (Å²) < 4.78 is 31.0. The van der Waals surface area contributed by atoms with Gasteiger partial charge in [-0.05, 0) is 37.1 Å². The van der Waals surface area contributed by atoms with E-state index in [1.54, 1.807) is 0 Å². The fourth-order valence-electron chi connectivity index (χ4n) is 5.65. The third kappa shape index (κ3) is 7.38. The minimum Gasteiger partial charge on any atom is -0.379 e. The molecule has 1 N–H and O–H groups in total. The third-order valence-corrected chi connectivity index (χ3v) is 7.83. The number of hydrogen-bond acceptors (Lipinski definition) is 7. The van der Waals surface area contributed by atoms with Crippen molar-refractivity contribution in [2.75, 3.05) is 39.4 Å². The summed E-state index contributed by atoms with van der Waals surface area (Å²) in [5, 5.41) is 3.79. The molecular formula is C30H39ClN2O6. The standard InChI is InChI=1S/C30H39ClN2O6/c1-29(2)38-26-19-30(37-21-23-9-6-10-24(31)17-23,28(34)32-11-12-33-13-15-35-16-14-33)18-25(27(26)39-29)36-20-22-7-4-3-5-8-22/h3-10,17,25-27H,11-16,18-21H2,1-2H3,(H,32,34)/t25-,26-,27+,30-/m1/s1. The van der Waals surface area contributed by atoms with Gasteiger partial charge >= 0.3 is 0 Å². The largest absolute Gasteiger partial charge is 0.379 e. The molecule has 2 aliphatic heterocycles. The number of nitrogens with zero attached hydrogens (tertiary/aromatic N) is 1. The van der Waals surface area contributed by atoms with Gasteiger partial charge in [0.05, 0.1) is 38.6 Å². The van der Waals surface area contributed by atoms with Crippen LogP contribution in [-0.4, -0.2) is 79.9 Å². The summed E-state index contributed by atoms with van der Waals surface area (Å²) in [5.74, 6) is -0.933. The molecule has 1 aliphatic carbocycles. The highest BCUT2D eigenvalue weighted by Crippen LogP contribution is 2.44. The molecule has 0 bridgehead atoms. The van der Waals surface area contributed by atoms with Crippen molar-refractivity contribution < 1.29 is 28.5 Å². The number of hydrogen-bond donors (Lipinski definition) is 1. The molecule has 0 spiro atoms. The first-order valence-corrected chi connectivity index (χ1v) is 14.2. The number of carbonyl (C=O) groups excluding carboxylic acids is 1. The molecule has 1 saturated carbocycles. The Bertz CT molecular complexity index is 1100. The van der Waals surface area contributed by atoms with Crippen molar-refractivity contribution in [2.24, 2.45) is 0 Å². The van der Waals surface area contributed by atoms with Crippen LogP contribution in [0, 0.1) is 0 Å². The zero-order valence-corrected chi connectivity index (χ0v) is 23.5. The molecule has 5 rings (SSSR count). The fraction of sp³-hybridized carbons (Fsp3) is 0.567. The van der Waals surface area contributed by atoms with Crippen LogP contribution in [0.1, 0.15) is 37.8 Å². The van der Waals surface area contributed by atoms with Gasteiger partial charge in [-0.15, -0.1) is 0 Å². The Kier molecular flexibility index (Phi) is 9.23. The quantitative estimate of drug-likeness (QED) is 0.473. The Labute approximate surface area is 235 Å². The zero-order valence-electron chi connectivity index (χ0n) is 22.8. The highest BCUT2D eigenvalue weighted by Gasteiger charge is 2.58. The molecule has 212 valence electrons. The molecule has 0 unspecified atom stereocenters. The lowest BCUT2D eigenvalue weighted by Crippen LogP contribution is -2.60. The Morgan fingerprint density at radius 2 is 1.79 bits per heavy atom. The van der Waals surface area contributed by atoms with Crippen LogP contribution in [-0.2, 0) is 41.7 Å². The zero-order chi connectivity index (χ0) is 27.3.